The maximum atomic E-state index is 13.1. The van der Waals surface area contributed by atoms with Crippen LogP contribution in [-0.2, 0) is 28.8 Å². The van der Waals surface area contributed by atoms with Crippen LogP contribution in [0.4, 0.5) is 0 Å². The minimum Gasteiger partial charge on any atom is -0.480 e. The van der Waals surface area contributed by atoms with Gasteiger partial charge in [-0.3, -0.25) is 24.0 Å². The lowest BCUT2D eigenvalue weighted by molar-refractivity contribution is -0.149. The lowest BCUT2D eigenvalue weighted by atomic mass is 10.1. The molecule has 14 heteroatoms. The third kappa shape index (κ3) is 9.55. The fourth-order valence-electron chi connectivity index (χ4n) is 3.52. The number of thioether (sulfide) groups is 1. The van der Waals surface area contributed by atoms with E-state index in [4.69, 9.17) is 17.2 Å². The van der Waals surface area contributed by atoms with Gasteiger partial charge in [0, 0.05) is 19.4 Å². The van der Waals surface area contributed by atoms with Crippen LogP contribution in [0, 0.1) is 0 Å². The summed E-state index contributed by atoms with van der Waals surface area (Å²) in [5, 5.41) is 14.5. The van der Waals surface area contributed by atoms with Gasteiger partial charge in [0.25, 0.3) is 0 Å². The number of carboxylic acid groups (broad SMARTS) is 1. The van der Waals surface area contributed by atoms with Crippen LogP contribution in [0.5, 0.6) is 0 Å². The summed E-state index contributed by atoms with van der Waals surface area (Å²) >= 11 is 1.43. The van der Waals surface area contributed by atoms with Gasteiger partial charge in [-0.05, 0) is 44.1 Å². The Balaban J connectivity index is 2.97. The molecule has 0 saturated carbocycles. The fourth-order valence-corrected chi connectivity index (χ4v) is 3.99. The molecular weight excluding hydrogens is 468 g/mol. The van der Waals surface area contributed by atoms with Gasteiger partial charge in [-0.2, -0.15) is 11.8 Å². The highest BCUT2D eigenvalue weighted by atomic mass is 32.2. The Bertz CT molecular complexity index is 781. The molecule has 1 aliphatic rings. The predicted octanol–water partition coefficient (Wildman–Crippen LogP) is -2.36. The number of nitrogens with zero attached hydrogens (tertiary/aromatic N) is 1. The van der Waals surface area contributed by atoms with Gasteiger partial charge in [0.1, 0.15) is 18.1 Å². The van der Waals surface area contributed by atoms with E-state index in [-0.39, 0.29) is 45.1 Å². The molecule has 1 rings (SSSR count). The topological polar surface area (TPSA) is 228 Å². The number of carbonyl (C=O) groups excluding carboxylic acids is 5. The van der Waals surface area contributed by atoms with Crippen LogP contribution in [0.1, 0.15) is 44.9 Å². The van der Waals surface area contributed by atoms with Crippen LogP contribution in [0.15, 0.2) is 0 Å². The Kier molecular flexibility index (Phi) is 12.4. The number of carboxylic acids is 1. The molecule has 0 bridgehead atoms. The highest BCUT2D eigenvalue weighted by molar-refractivity contribution is 7.98. The molecule has 9 N–H and O–H groups in total. The molecule has 0 aromatic rings. The van der Waals surface area contributed by atoms with Crippen LogP contribution in [0.2, 0.25) is 0 Å². The number of rotatable bonds is 15. The van der Waals surface area contributed by atoms with Gasteiger partial charge in [-0.25, -0.2) is 4.79 Å². The minimum atomic E-state index is -1.20. The van der Waals surface area contributed by atoms with E-state index in [1.165, 1.54) is 16.7 Å². The van der Waals surface area contributed by atoms with Crippen molar-refractivity contribution in [1.29, 1.82) is 0 Å². The standard InChI is InChI=1S/C20H34N6O7S/c1-34-10-8-12(24-17(29)11(21)4-6-15(22)27)18(30)25-13(5-7-16(23)28)19(31)26-9-2-3-14(26)20(32)33/h11-14H,2-10,21H2,1H3,(H2,22,27)(H2,23,28)(H,24,29)(H,25,30)(H,32,33). The van der Waals surface area contributed by atoms with Crippen molar-refractivity contribution < 1.29 is 33.9 Å². The summed E-state index contributed by atoms with van der Waals surface area (Å²) < 4.78 is 0. The van der Waals surface area contributed by atoms with Crippen LogP contribution in [0.25, 0.3) is 0 Å². The number of likely N-dealkylation sites (tertiary alicyclic amines) is 1. The van der Waals surface area contributed by atoms with E-state index in [9.17, 15) is 33.9 Å². The summed E-state index contributed by atoms with van der Waals surface area (Å²) in [5.74, 6) is -3.92. The molecule has 5 amide bonds. The summed E-state index contributed by atoms with van der Waals surface area (Å²) in [6, 6.07) is -4.32. The van der Waals surface area contributed by atoms with E-state index < -0.39 is 59.7 Å². The minimum absolute atomic E-state index is 0.00327. The van der Waals surface area contributed by atoms with Crippen LogP contribution in [-0.4, -0.2) is 88.2 Å². The first-order valence-corrected chi connectivity index (χ1v) is 12.3. The molecule has 13 nitrogen and oxygen atoms in total. The number of carbonyl (C=O) groups is 6. The van der Waals surface area contributed by atoms with Crippen molar-refractivity contribution in [3.63, 3.8) is 0 Å². The van der Waals surface area contributed by atoms with Gasteiger partial charge in [0.15, 0.2) is 0 Å². The van der Waals surface area contributed by atoms with Crippen molar-refractivity contribution in [2.75, 3.05) is 18.6 Å². The van der Waals surface area contributed by atoms with Gasteiger partial charge in [0.05, 0.1) is 6.04 Å². The molecule has 1 aliphatic heterocycles. The second-order valence-electron chi connectivity index (χ2n) is 8.05. The van der Waals surface area contributed by atoms with E-state index in [1.807, 2.05) is 6.26 Å². The van der Waals surface area contributed by atoms with Crippen molar-refractivity contribution >= 4 is 47.3 Å². The van der Waals surface area contributed by atoms with Gasteiger partial charge < -0.3 is 37.8 Å². The SMILES string of the molecule is CSCCC(NC(=O)C(N)CCC(N)=O)C(=O)NC(CCC(N)=O)C(=O)N1CCCC1C(=O)O. The molecule has 1 fully saturated rings. The average molecular weight is 503 g/mol. The van der Waals surface area contributed by atoms with E-state index in [1.54, 1.807) is 0 Å². The summed E-state index contributed by atoms with van der Waals surface area (Å²) in [7, 11) is 0. The second-order valence-corrected chi connectivity index (χ2v) is 9.03. The zero-order chi connectivity index (χ0) is 25.8. The number of aliphatic carboxylic acids is 1. The van der Waals surface area contributed by atoms with Gasteiger partial charge in [-0.1, -0.05) is 0 Å². The molecule has 0 aromatic carbocycles. The van der Waals surface area contributed by atoms with Crippen molar-refractivity contribution in [2.24, 2.45) is 17.2 Å². The Morgan fingerprint density at radius 3 is 2.12 bits per heavy atom. The maximum absolute atomic E-state index is 13.1. The zero-order valence-electron chi connectivity index (χ0n) is 19.2. The third-order valence-corrected chi connectivity index (χ3v) is 6.04. The Morgan fingerprint density at radius 2 is 1.56 bits per heavy atom. The molecule has 1 heterocycles. The highest BCUT2D eigenvalue weighted by Crippen LogP contribution is 2.19. The molecule has 1 saturated heterocycles. The van der Waals surface area contributed by atoms with Crippen molar-refractivity contribution in [2.45, 2.75) is 69.1 Å². The molecule has 0 spiro atoms. The summed E-state index contributed by atoms with van der Waals surface area (Å²) in [4.78, 5) is 73.4. The molecule has 0 aromatic heterocycles. The largest absolute Gasteiger partial charge is 0.480 e. The average Bonchev–Trinajstić information content (AvgIpc) is 3.27. The van der Waals surface area contributed by atoms with Gasteiger partial charge in [-0.15, -0.1) is 0 Å². The molecule has 4 atom stereocenters. The fraction of sp³-hybridized carbons (Fsp3) is 0.700. The second kappa shape index (κ2) is 14.4. The predicted molar refractivity (Wildman–Crippen MR) is 124 cm³/mol. The first kappa shape index (κ1) is 29.2. The van der Waals surface area contributed by atoms with Crippen LogP contribution in [0.3, 0.4) is 0 Å². The van der Waals surface area contributed by atoms with E-state index in [0.29, 0.717) is 12.2 Å². The summed E-state index contributed by atoms with van der Waals surface area (Å²) in [6.07, 6.45) is 2.39. The van der Waals surface area contributed by atoms with Gasteiger partial charge >= 0.3 is 5.97 Å². The van der Waals surface area contributed by atoms with E-state index >= 15 is 0 Å². The number of amides is 5. The number of hydrogen-bond donors (Lipinski definition) is 6. The normalized spacial score (nSPS) is 17.9. The quantitative estimate of drug-likeness (QED) is 0.140. The number of nitrogens with one attached hydrogen (secondary N) is 2. The van der Waals surface area contributed by atoms with E-state index in [0.717, 1.165) is 0 Å². The highest BCUT2D eigenvalue weighted by Gasteiger charge is 2.38. The number of nitrogens with two attached hydrogens (primary N) is 3. The first-order valence-electron chi connectivity index (χ1n) is 10.9. The summed E-state index contributed by atoms with van der Waals surface area (Å²) in [6.45, 7) is 0.208. The molecule has 192 valence electrons. The molecule has 0 radical (unpaired) electrons. The first-order chi connectivity index (χ1) is 16.0. The Labute approximate surface area is 201 Å². The maximum Gasteiger partial charge on any atom is 0.326 e. The smallest absolute Gasteiger partial charge is 0.326 e. The van der Waals surface area contributed by atoms with Crippen molar-refractivity contribution in [3.8, 4) is 0 Å². The Morgan fingerprint density at radius 1 is 0.971 bits per heavy atom. The van der Waals surface area contributed by atoms with Crippen LogP contribution >= 0.6 is 11.8 Å². The Hall–Kier alpha value is -2.87. The third-order valence-electron chi connectivity index (χ3n) is 5.40. The van der Waals surface area contributed by atoms with Crippen molar-refractivity contribution in [1.82, 2.24) is 15.5 Å². The van der Waals surface area contributed by atoms with Gasteiger partial charge in [0.2, 0.25) is 29.5 Å². The molecular formula is C20H34N6O7S. The zero-order valence-corrected chi connectivity index (χ0v) is 20.0. The lowest BCUT2D eigenvalue weighted by Crippen LogP contribution is -2.57. The molecule has 0 aliphatic carbocycles. The molecule has 4 unspecified atom stereocenters. The number of primary amides is 2. The van der Waals surface area contributed by atoms with E-state index in [2.05, 4.69) is 10.6 Å². The van der Waals surface area contributed by atoms with Crippen molar-refractivity contribution in [3.05, 3.63) is 0 Å². The number of hydrogen-bond acceptors (Lipinski definition) is 8. The monoisotopic (exact) mass is 502 g/mol. The lowest BCUT2D eigenvalue weighted by Gasteiger charge is -2.29. The van der Waals surface area contributed by atoms with Crippen LogP contribution < -0.4 is 27.8 Å². The summed E-state index contributed by atoms with van der Waals surface area (Å²) in [5.41, 5.74) is 16.0. The molecule has 34 heavy (non-hydrogen) atoms.